The molecule has 17 heavy (non-hydrogen) atoms. The zero-order chi connectivity index (χ0) is 13.1. The molecule has 102 valence electrons. The Hall–Kier alpha value is -0.610. The van der Waals surface area contributed by atoms with Crippen LogP contribution in [0.25, 0.3) is 0 Å². The molecule has 0 aromatic rings. The molecule has 1 unspecified atom stereocenters. The van der Waals surface area contributed by atoms with Crippen molar-refractivity contribution < 1.29 is 9.53 Å². The zero-order valence-electron chi connectivity index (χ0n) is 11.5. The fourth-order valence-electron chi connectivity index (χ4n) is 1.56. The van der Waals surface area contributed by atoms with Crippen LogP contribution in [0.5, 0.6) is 0 Å². The topological polar surface area (TPSA) is 64.4 Å². The Bertz CT molecular complexity index is 196. The second-order valence-electron chi connectivity index (χ2n) is 4.73. The van der Waals surface area contributed by atoms with Crippen molar-refractivity contribution in [2.45, 2.75) is 65.0 Å². The second-order valence-corrected chi connectivity index (χ2v) is 4.73. The van der Waals surface area contributed by atoms with Crippen LogP contribution >= 0.6 is 0 Å². The summed E-state index contributed by atoms with van der Waals surface area (Å²) in [5.74, 6) is 0.0655. The number of amides is 1. The molecule has 0 aromatic heterocycles. The van der Waals surface area contributed by atoms with E-state index in [0.717, 1.165) is 38.8 Å². The summed E-state index contributed by atoms with van der Waals surface area (Å²) in [4.78, 5) is 11.4. The van der Waals surface area contributed by atoms with Crippen LogP contribution in [0, 0.1) is 0 Å². The van der Waals surface area contributed by atoms with Gasteiger partial charge in [0.2, 0.25) is 5.91 Å². The van der Waals surface area contributed by atoms with Gasteiger partial charge in [-0.25, -0.2) is 0 Å². The normalized spacial score (nSPS) is 12.8. The van der Waals surface area contributed by atoms with E-state index in [1.54, 1.807) is 0 Å². The van der Waals surface area contributed by atoms with Crippen LogP contribution in [0.4, 0.5) is 0 Å². The quantitative estimate of drug-likeness (QED) is 0.576. The number of nitrogens with one attached hydrogen (secondary N) is 1. The van der Waals surface area contributed by atoms with Gasteiger partial charge in [0, 0.05) is 25.6 Å². The molecule has 1 amide bonds. The van der Waals surface area contributed by atoms with Crippen molar-refractivity contribution in [3.05, 3.63) is 0 Å². The molecule has 0 saturated carbocycles. The van der Waals surface area contributed by atoms with E-state index >= 15 is 0 Å². The van der Waals surface area contributed by atoms with Gasteiger partial charge in [-0.1, -0.05) is 13.3 Å². The molecule has 0 fully saturated rings. The lowest BCUT2D eigenvalue weighted by Gasteiger charge is -2.11. The number of hydrogen-bond donors (Lipinski definition) is 2. The molecule has 0 heterocycles. The van der Waals surface area contributed by atoms with Crippen LogP contribution in [0.2, 0.25) is 0 Å². The summed E-state index contributed by atoms with van der Waals surface area (Å²) in [6.45, 7) is 7.61. The van der Waals surface area contributed by atoms with Crippen molar-refractivity contribution in [1.29, 1.82) is 0 Å². The Morgan fingerprint density at radius 3 is 2.65 bits per heavy atom. The van der Waals surface area contributed by atoms with Crippen molar-refractivity contribution >= 4 is 5.91 Å². The molecule has 0 saturated heterocycles. The number of nitrogens with two attached hydrogens (primary N) is 1. The highest BCUT2D eigenvalue weighted by molar-refractivity contribution is 5.76. The van der Waals surface area contributed by atoms with Gasteiger partial charge in [-0.2, -0.15) is 0 Å². The molecule has 4 nitrogen and oxygen atoms in total. The van der Waals surface area contributed by atoms with Crippen LogP contribution in [0.15, 0.2) is 0 Å². The third kappa shape index (κ3) is 11.6. The lowest BCUT2D eigenvalue weighted by Crippen LogP contribution is -2.32. The van der Waals surface area contributed by atoms with Crippen molar-refractivity contribution in [2.75, 3.05) is 13.2 Å². The fourth-order valence-corrected chi connectivity index (χ4v) is 1.56. The first-order valence-electron chi connectivity index (χ1n) is 6.70. The SMILES string of the molecule is CCCC(N)CC(=O)NCCCCOC(C)C. The van der Waals surface area contributed by atoms with Crippen molar-refractivity contribution in [2.24, 2.45) is 5.73 Å². The highest BCUT2D eigenvalue weighted by Crippen LogP contribution is 1.98. The first-order valence-corrected chi connectivity index (χ1v) is 6.70. The Labute approximate surface area is 105 Å². The summed E-state index contributed by atoms with van der Waals surface area (Å²) in [6, 6.07) is 0.00396. The van der Waals surface area contributed by atoms with E-state index in [2.05, 4.69) is 12.2 Å². The highest BCUT2D eigenvalue weighted by atomic mass is 16.5. The molecule has 0 spiro atoms. The van der Waals surface area contributed by atoms with Crippen molar-refractivity contribution in [3.8, 4) is 0 Å². The van der Waals surface area contributed by atoms with E-state index in [0.29, 0.717) is 6.42 Å². The maximum Gasteiger partial charge on any atom is 0.221 e. The summed E-state index contributed by atoms with van der Waals surface area (Å²) in [5.41, 5.74) is 5.79. The third-order valence-corrected chi connectivity index (χ3v) is 2.45. The van der Waals surface area contributed by atoms with Crippen LogP contribution in [0.3, 0.4) is 0 Å². The lowest BCUT2D eigenvalue weighted by atomic mass is 10.1. The molecule has 0 radical (unpaired) electrons. The molecule has 0 aliphatic rings. The average molecular weight is 244 g/mol. The summed E-state index contributed by atoms with van der Waals surface area (Å²) in [5, 5.41) is 2.89. The molecular formula is C13H28N2O2. The van der Waals surface area contributed by atoms with E-state index in [-0.39, 0.29) is 18.1 Å². The summed E-state index contributed by atoms with van der Waals surface area (Å²) in [6.07, 6.45) is 4.62. The minimum Gasteiger partial charge on any atom is -0.379 e. The molecule has 0 aromatic carbocycles. The number of carbonyl (C=O) groups excluding carboxylic acids is 1. The summed E-state index contributed by atoms with van der Waals surface area (Å²) in [7, 11) is 0. The first kappa shape index (κ1) is 16.4. The Balaban J connectivity index is 3.33. The van der Waals surface area contributed by atoms with Gasteiger partial charge >= 0.3 is 0 Å². The number of rotatable bonds is 10. The van der Waals surface area contributed by atoms with Crippen LogP contribution < -0.4 is 11.1 Å². The Kier molecular flexibility index (Phi) is 10.2. The number of hydrogen-bond acceptors (Lipinski definition) is 3. The van der Waals surface area contributed by atoms with Crippen LogP contribution in [-0.4, -0.2) is 31.2 Å². The summed E-state index contributed by atoms with van der Waals surface area (Å²) >= 11 is 0. The van der Waals surface area contributed by atoms with Gasteiger partial charge in [-0.3, -0.25) is 4.79 Å². The minimum absolute atomic E-state index is 0.00396. The highest BCUT2D eigenvalue weighted by Gasteiger charge is 2.07. The summed E-state index contributed by atoms with van der Waals surface area (Å²) < 4.78 is 5.41. The predicted octanol–water partition coefficient (Wildman–Crippen LogP) is 1.83. The monoisotopic (exact) mass is 244 g/mol. The molecule has 3 N–H and O–H groups in total. The maximum absolute atomic E-state index is 11.4. The van der Waals surface area contributed by atoms with Gasteiger partial charge in [0.1, 0.15) is 0 Å². The van der Waals surface area contributed by atoms with Gasteiger partial charge in [-0.15, -0.1) is 0 Å². The molecule has 0 rings (SSSR count). The fraction of sp³-hybridized carbons (Fsp3) is 0.923. The van der Waals surface area contributed by atoms with Crippen molar-refractivity contribution in [3.63, 3.8) is 0 Å². The average Bonchev–Trinajstić information content (AvgIpc) is 2.23. The Morgan fingerprint density at radius 1 is 1.35 bits per heavy atom. The lowest BCUT2D eigenvalue weighted by molar-refractivity contribution is -0.121. The smallest absolute Gasteiger partial charge is 0.221 e. The molecule has 4 heteroatoms. The van der Waals surface area contributed by atoms with E-state index < -0.39 is 0 Å². The molecule has 0 aliphatic carbocycles. The first-order chi connectivity index (χ1) is 8.06. The van der Waals surface area contributed by atoms with Gasteiger partial charge in [0.05, 0.1) is 6.10 Å². The molecule has 0 bridgehead atoms. The number of unbranched alkanes of at least 4 members (excludes halogenated alkanes) is 1. The number of carbonyl (C=O) groups is 1. The van der Waals surface area contributed by atoms with Crippen LogP contribution in [-0.2, 0) is 9.53 Å². The molecule has 1 atom stereocenters. The maximum atomic E-state index is 11.4. The standard InChI is InChI=1S/C13H28N2O2/c1-4-7-12(14)10-13(16)15-8-5-6-9-17-11(2)3/h11-12H,4-10,14H2,1-3H3,(H,15,16). The molecular weight excluding hydrogens is 216 g/mol. The largest absolute Gasteiger partial charge is 0.379 e. The number of ether oxygens (including phenoxy) is 1. The Morgan fingerprint density at radius 2 is 2.06 bits per heavy atom. The van der Waals surface area contributed by atoms with Gasteiger partial charge < -0.3 is 15.8 Å². The van der Waals surface area contributed by atoms with E-state index in [4.69, 9.17) is 10.5 Å². The van der Waals surface area contributed by atoms with Crippen LogP contribution in [0.1, 0.15) is 52.9 Å². The van der Waals surface area contributed by atoms with Gasteiger partial charge in [-0.05, 0) is 33.1 Å². The van der Waals surface area contributed by atoms with Crippen molar-refractivity contribution in [1.82, 2.24) is 5.32 Å². The second kappa shape index (κ2) is 10.5. The third-order valence-electron chi connectivity index (χ3n) is 2.45. The van der Waals surface area contributed by atoms with E-state index in [1.807, 2.05) is 13.8 Å². The van der Waals surface area contributed by atoms with Gasteiger partial charge in [0.15, 0.2) is 0 Å². The zero-order valence-corrected chi connectivity index (χ0v) is 11.5. The van der Waals surface area contributed by atoms with Gasteiger partial charge in [0.25, 0.3) is 0 Å². The van der Waals surface area contributed by atoms with E-state index in [9.17, 15) is 4.79 Å². The predicted molar refractivity (Wildman–Crippen MR) is 70.8 cm³/mol. The van der Waals surface area contributed by atoms with E-state index in [1.165, 1.54) is 0 Å². The molecule has 0 aliphatic heterocycles. The minimum atomic E-state index is 0.00396.